The minimum Gasteiger partial charge on any atom is -0.357 e. The first-order chi connectivity index (χ1) is 11.9. The normalized spacial score (nSPS) is 12.4. The van der Waals surface area contributed by atoms with Crippen LogP contribution in [0.4, 0.5) is 13.2 Å². The van der Waals surface area contributed by atoms with Gasteiger partial charge in [0, 0.05) is 24.2 Å². The minimum absolute atomic E-state index is 0.108. The number of rotatable bonds is 7. The predicted octanol–water partition coefficient (Wildman–Crippen LogP) is 2.88. The van der Waals surface area contributed by atoms with Crippen LogP contribution in [0.2, 0.25) is 0 Å². The zero-order chi connectivity index (χ0) is 18.3. The summed E-state index contributed by atoms with van der Waals surface area (Å²) >= 11 is 0.961. The lowest BCUT2D eigenvalue weighted by molar-refractivity contribution is -0.140. The lowest BCUT2D eigenvalue weighted by Crippen LogP contribution is -2.37. The summed E-state index contributed by atoms with van der Waals surface area (Å²) in [7, 11) is 0. The summed E-state index contributed by atoms with van der Waals surface area (Å²) < 4.78 is 37.6. The van der Waals surface area contributed by atoms with Crippen LogP contribution in [0.5, 0.6) is 0 Å². The Morgan fingerprint density at radius 3 is 2.76 bits per heavy atom. The van der Waals surface area contributed by atoms with E-state index in [0.29, 0.717) is 24.1 Å². The maximum absolute atomic E-state index is 12.5. The van der Waals surface area contributed by atoms with Crippen LogP contribution < -0.4 is 10.6 Å². The SMILES string of the molecule is CCNC(=NCc1nc(C(F)(F)F)cs1)NCCCc1cn[nH]c1C. The molecule has 2 aromatic heterocycles. The molecule has 0 atom stereocenters. The van der Waals surface area contributed by atoms with Gasteiger partial charge in [-0.05, 0) is 32.3 Å². The molecule has 6 nitrogen and oxygen atoms in total. The fourth-order valence-corrected chi connectivity index (χ4v) is 2.84. The Balaban J connectivity index is 1.83. The molecule has 0 amide bonds. The first-order valence-electron chi connectivity index (χ1n) is 7.92. The van der Waals surface area contributed by atoms with Crippen LogP contribution in [0.15, 0.2) is 16.6 Å². The van der Waals surface area contributed by atoms with Gasteiger partial charge in [0.15, 0.2) is 11.7 Å². The summed E-state index contributed by atoms with van der Waals surface area (Å²) in [6, 6.07) is 0. The van der Waals surface area contributed by atoms with Crippen molar-refractivity contribution in [1.29, 1.82) is 0 Å². The van der Waals surface area contributed by atoms with Gasteiger partial charge >= 0.3 is 6.18 Å². The molecule has 2 heterocycles. The average Bonchev–Trinajstić information content (AvgIpc) is 3.18. The average molecular weight is 374 g/mol. The van der Waals surface area contributed by atoms with Crippen molar-refractivity contribution in [1.82, 2.24) is 25.8 Å². The largest absolute Gasteiger partial charge is 0.434 e. The highest BCUT2D eigenvalue weighted by Crippen LogP contribution is 2.30. The molecule has 0 aromatic carbocycles. The van der Waals surface area contributed by atoms with Gasteiger partial charge in [-0.3, -0.25) is 5.10 Å². The summed E-state index contributed by atoms with van der Waals surface area (Å²) in [5.74, 6) is 0.565. The summed E-state index contributed by atoms with van der Waals surface area (Å²) in [4.78, 5) is 7.86. The number of hydrogen-bond donors (Lipinski definition) is 3. The van der Waals surface area contributed by atoms with E-state index in [2.05, 4.69) is 30.8 Å². The Morgan fingerprint density at radius 2 is 2.16 bits per heavy atom. The van der Waals surface area contributed by atoms with Crippen LogP contribution in [0.1, 0.15) is 35.3 Å². The van der Waals surface area contributed by atoms with Crippen molar-refractivity contribution < 1.29 is 13.2 Å². The molecule has 2 rings (SSSR count). The van der Waals surface area contributed by atoms with Crippen LogP contribution in [0, 0.1) is 6.92 Å². The second-order valence-corrected chi connectivity index (χ2v) is 6.31. The van der Waals surface area contributed by atoms with Gasteiger partial charge in [0.05, 0.1) is 12.7 Å². The number of thiazole rings is 1. The Labute approximate surface area is 148 Å². The molecule has 0 unspecified atom stereocenters. The molecule has 3 N–H and O–H groups in total. The van der Waals surface area contributed by atoms with Gasteiger partial charge in [-0.1, -0.05) is 0 Å². The number of aryl methyl sites for hydroxylation is 2. The third kappa shape index (κ3) is 6.04. The molecule has 0 aliphatic heterocycles. The van der Waals surface area contributed by atoms with E-state index in [-0.39, 0.29) is 6.54 Å². The number of aliphatic imine (C=N–C) groups is 1. The molecule has 0 saturated heterocycles. The number of alkyl halides is 3. The van der Waals surface area contributed by atoms with Crippen molar-refractivity contribution >= 4 is 17.3 Å². The molecule has 0 bridgehead atoms. The molecule has 2 aromatic rings. The molecule has 25 heavy (non-hydrogen) atoms. The number of aromatic nitrogens is 3. The van der Waals surface area contributed by atoms with Crippen molar-refractivity contribution in [3.63, 3.8) is 0 Å². The van der Waals surface area contributed by atoms with E-state index in [4.69, 9.17) is 0 Å². The molecular weight excluding hydrogens is 353 g/mol. The van der Waals surface area contributed by atoms with Gasteiger partial charge in [0.2, 0.25) is 0 Å². The first kappa shape index (κ1) is 19.2. The molecular formula is C15H21F3N6S. The number of hydrogen-bond acceptors (Lipinski definition) is 4. The monoisotopic (exact) mass is 374 g/mol. The Hall–Kier alpha value is -2.10. The quantitative estimate of drug-likeness (QED) is 0.396. The number of aromatic amines is 1. The third-order valence-electron chi connectivity index (χ3n) is 3.41. The Bertz CT molecular complexity index is 691. The molecule has 138 valence electrons. The van der Waals surface area contributed by atoms with Crippen molar-refractivity contribution in [3.05, 3.63) is 33.5 Å². The van der Waals surface area contributed by atoms with Gasteiger partial charge in [-0.15, -0.1) is 11.3 Å². The highest BCUT2D eigenvalue weighted by molar-refractivity contribution is 7.09. The number of guanidine groups is 1. The van der Waals surface area contributed by atoms with Crippen LogP contribution in [0.25, 0.3) is 0 Å². The standard InChI is InChI=1S/C15H21F3N6S/c1-3-19-14(20-6-4-5-11-7-22-24-10(11)2)21-8-13-23-12(9-25-13)15(16,17)18/h7,9H,3-6,8H2,1-2H3,(H,22,24)(H2,19,20,21). The first-order valence-corrected chi connectivity index (χ1v) is 8.80. The molecule has 0 fully saturated rings. The summed E-state index contributed by atoms with van der Waals surface area (Å²) in [5.41, 5.74) is 1.37. The fourth-order valence-electron chi connectivity index (χ4n) is 2.12. The van der Waals surface area contributed by atoms with Crippen molar-refractivity contribution in [2.45, 2.75) is 39.4 Å². The topological polar surface area (TPSA) is 78.0 Å². The number of nitrogens with zero attached hydrogens (tertiary/aromatic N) is 3. The smallest absolute Gasteiger partial charge is 0.357 e. The van der Waals surface area contributed by atoms with E-state index >= 15 is 0 Å². The van der Waals surface area contributed by atoms with Crippen molar-refractivity contribution in [3.8, 4) is 0 Å². The van der Waals surface area contributed by atoms with Crippen LogP contribution >= 0.6 is 11.3 Å². The number of nitrogens with one attached hydrogen (secondary N) is 3. The van der Waals surface area contributed by atoms with Crippen molar-refractivity contribution in [2.75, 3.05) is 13.1 Å². The van der Waals surface area contributed by atoms with Gasteiger partial charge in [-0.25, -0.2) is 9.98 Å². The van der Waals surface area contributed by atoms with Gasteiger partial charge < -0.3 is 10.6 Å². The Kier molecular flexibility index (Phi) is 6.80. The molecule has 10 heteroatoms. The van der Waals surface area contributed by atoms with Gasteiger partial charge in [0.1, 0.15) is 5.01 Å². The van der Waals surface area contributed by atoms with Crippen molar-refractivity contribution in [2.24, 2.45) is 4.99 Å². The van der Waals surface area contributed by atoms with E-state index in [0.717, 1.165) is 35.3 Å². The molecule has 0 saturated carbocycles. The zero-order valence-electron chi connectivity index (χ0n) is 14.1. The minimum atomic E-state index is -4.41. The molecule has 0 radical (unpaired) electrons. The van der Waals surface area contributed by atoms with Crippen LogP contribution in [-0.2, 0) is 19.1 Å². The van der Waals surface area contributed by atoms with E-state index in [1.165, 1.54) is 5.56 Å². The summed E-state index contributed by atoms with van der Waals surface area (Å²) in [5, 5.41) is 14.5. The number of H-pyrrole nitrogens is 1. The second-order valence-electron chi connectivity index (χ2n) is 5.37. The van der Waals surface area contributed by atoms with Crippen LogP contribution in [-0.4, -0.2) is 34.2 Å². The highest BCUT2D eigenvalue weighted by Gasteiger charge is 2.33. The van der Waals surface area contributed by atoms with Crippen LogP contribution in [0.3, 0.4) is 0 Å². The van der Waals surface area contributed by atoms with E-state index < -0.39 is 11.9 Å². The predicted molar refractivity (Wildman–Crippen MR) is 91.6 cm³/mol. The second kappa shape index (κ2) is 8.84. The highest BCUT2D eigenvalue weighted by atomic mass is 32.1. The molecule has 0 spiro atoms. The fraction of sp³-hybridized carbons (Fsp3) is 0.533. The van der Waals surface area contributed by atoms with E-state index in [1.54, 1.807) is 0 Å². The van der Waals surface area contributed by atoms with Gasteiger partial charge in [-0.2, -0.15) is 18.3 Å². The maximum atomic E-state index is 12.5. The van der Waals surface area contributed by atoms with E-state index in [9.17, 15) is 13.2 Å². The maximum Gasteiger partial charge on any atom is 0.434 e. The molecule has 0 aliphatic carbocycles. The lowest BCUT2D eigenvalue weighted by atomic mass is 10.1. The lowest BCUT2D eigenvalue weighted by Gasteiger charge is -2.10. The molecule has 0 aliphatic rings. The Morgan fingerprint density at radius 1 is 1.36 bits per heavy atom. The van der Waals surface area contributed by atoms with E-state index in [1.807, 2.05) is 20.0 Å². The van der Waals surface area contributed by atoms with Gasteiger partial charge in [0.25, 0.3) is 0 Å². The number of halogens is 3. The summed E-state index contributed by atoms with van der Waals surface area (Å²) in [6.07, 6.45) is -0.821. The third-order valence-corrected chi connectivity index (χ3v) is 4.24. The zero-order valence-corrected chi connectivity index (χ0v) is 14.9. The summed E-state index contributed by atoms with van der Waals surface area (Å²) in [6.45, 7) is 5.37.